The van der Waals surface area contributed by atoms with Crippen LogP contribution in [0.1, 0.15) is 65.2 Å². The van der Waals surface area contributed by atoms with Crippen LogP contribution in [0.2, 0.25) is 0 Å². The minimum atomic E-state index is 0.729. The molecule has 5 rings (SSSR count). The highest BCUT2D eigenvalue weighted by molar-refractivity contribution is 6.05. The lowest BCUT2D eigenvalue weighted by Crippen LogP contribution is -2.03. The van der Waals surface area contributed by atoms with Crippen molar-refractivity contribution in [3.05, 3.63) is 173 Å². The maximum Gasteiger partial charge on any atom is 0.150 e. The molecule has 2 nitrogen and oxygen atoms in total. The summed E-state index contributed by atoms with van der Waals surface area (Å²) < 4.78 is 6.37. The largest absolute Gasteiger partial charge is 0.493 e. The van der Waals surface area contributed by atoms with Gasteiger partial charge < -0.3 is 4.74 Å². The molecule has 206 valence electrons. The number of hydrogen-bond donors (Lipinski definition) is 0. The molecule has 0 fully saturated rings. The molecule has 0 atom stereocenters. The molecular weight excluding hydrogens is 500 g/mol. The van der Waals surface area contributed by atoms with E-state index in [1.165, 1.54) is 47.1 Å². The van der Waals surface area contributed by atoms with Gasteiger partial charge in [0.2, 0.25) is 0 Å². The van der Waals surface area contributed by atoms with Crippen molar-refractivity contribution in [3.63, 3.8) is 0 Å². The zero-order valence-corrected chi connectivity index (χ0v) is 23.8. The van der Waals surface area contributed by atoms with Crippen LogP contribution in [0.5, 0.6) is 5.75 Å². The van der Waals surface area contributed by atoms with E-state index in [-0.39, 0.29) is 0 Å². The predicted octanol–water partition coefficient (Wildman–Crippen LogP) is 10.2. The minimum Gasteiger partial charge on any atom is -0.493 e. The van der Waals surface area contributed by atoms with Gasteiger partial charge in [-0.15, -0.1) is 0 Å². The van der Waals surface area contributed by atoms with Crippen LogP contribution in [0.3, 0.4) is 0 Å². The first-order valence-corrected chi connectivity index (χ1v) is 14.4. The van der Waals surface area contributed by atoms with Crippen LogP contribution in [-0.4, -0.2) is 12.9 Å². The quantitative estimate of drug-likeness (QED) is 0.0950. The van der Waals surface area contributed by atoms with Gasteiger partial charge in [0.05, 0.1) is 6.61 Å². The topological polar surface area (TPSA) is 26.3 Å². The molecule has 0 amide bonds. The summed E-state index contributed by atoms with van der Waals surface area (Å²) in [6, 6.07) is 49.6. The van der Waals surface area contributed by atoms with Crippen molar-refractivity contribution in [2.75, 3.05) is 6.61 Å². The average molecular weight is 539 g/mol. The number of carbonyl (C=O) groups is 1. The van der Waals surface area contributed by atoms with Crippen molar-refractivity contribution in [2.24, 2.45) is 0 Å². The second-order valence-electron chi connectivity index (χ2n) is 9.78. The summed E-state index contributed by atoms with van der Waals surface area (Å²) in [6.45, 7) is 2.98. The fraction of sp³-hybridized carbons (Fsp3) is 0.154. The van der Waals surface area contributed by atoms with Crippen LogP contribution in [0, 0.1) is 0 Å². The number of carbonyl (C=O) groups excluding carboxylic acids is 1. The Morgan fingerprint density at radius 2 is 1.00 bits per heavy atom. The third kappa shape index (κ3) is 8.65. The van der Waals surface area contributed by atoms with Gasteiger partial charge in [0.1, 0.15) is 12.0 Å². The van der Waals surface area contributed by atoms with Crippen LogP contribution in [0.4, 0.5) is 0 Å². The summed E-state index contributed by atoms with van der Waals surface area (Å²) >= 11 is 0. The number of hydrogen-bond acceptors (Lipinski definition) is 2. The van der Waals surface area contributed by atoms with Crippen molar-refractivity contribution >= 4 is 17.4 Å². The molecular formula is C39H38O2. The molecule has 0 aliphatic carbocycles. The maximum atomic E-state index is 10.0. The third-order valence-corrected chi connectivity index (χ3v) is 6.78. The summed E-state index contributed by atoms with van der Waals surface area (Å²) in [5, 5.41) is 0. The smallest absolute Gasteiger partial charge is 0.150 e. The van der Waals surface area contributed by atoms with Crippen molar-refractivity contribution in [1.82, 2.24) is 0 Å². The van der Waals surface area contributed by atoms with Gasteiger partial charge in [0.15, 0.2) is 0 Å². The van der Waals surface area contributed by atoms with Gasteiger partial charge >= 0.3 is 0 Å². The molecule has 2 heteroatoms. The van der Waals surface area contributed by atoms with Gasteiger partial charge in [-0.05, 0) is 34.8 Å². The number of rotatable bonds is 11. The Morgan fingerprint density at radius 1 is 0.537 bits per heavy atom. The van der Waals surface area contributed by atoms with Crippen LogP contribution in [-0.2, 0) is 0 Å². The highest BCUT2D eigenvalue weighted by atomic mass is 16.5. The molecule has 0 saturated heterocycles. The third-order valence-electron chi connectivity index (χ3n) is 6.78. The molecule has 0 saturated carbocycles. The normalized spacial score (nSPS) is 10.2. The number of ether oxygens (including phenoxy) is 1. The molecule has 0 aliphatic heterocycles. The van der Waals surface area contributed by atoms with Crippen LogP contribution >= 0.6 is 0 Å². The lowest BCUT2D eigenvalue weighted by molar-refractivity contribution is 0.112. The van der Waals surface area contributed by atoms with Gasteiger partial charge in [-0.2, -0.15) is 0 Å². The standard InChI is InChI=1S/C32H32O.C7H6O/c1-2-3-4-16-25-33-30-24-15-14-23-29(30)32(28-21-12-7-13-22-28)31(26-17-8-5-9-18-26)27-19-10-6-11-20-27;8-6-7-4-2-1-3-5-7/h5-15,17-24H,2-4,16,25H2,1H3;1-6H. The molecule has 0 aliphatic rings. The van der Waals surface area contributed by atoms with Gasteiger partial charge in [-0.3, -0.25) is 4.79 Å². The predicted molar refractivity (Wildman–Crippen MR) is 172 cm³/mol. The van der Waals surface area contributed by atoms with Crippen LogP contribution in [0.25, 0.3) is 11.1 Å². The Kier molecular flexibility index (Phi) is 11.7. The van der Waals surface area contributed by atoms with E-state index < -0.39 is 0 Å². The first kappa shape index (κ1) is 29.3. The summed E-state index contributed by atoms with van der Waals surface area (Å²) in [5.41, 5.74) is 7.83. The van der Waals surface area contributed by atoms with Crippen molar-refractivity contribution in [2.45, 2.75) is 32.6 Å². The van der Waals surface area contributed by atoms with E-state index in [2.05, 4.69) is 122 Å². The minimum absolute atomic E-state index is 0.729. The second kappa shape index (κ2) is 16.4. The Hall–Kier alpha value is -4.69. The second-order valence-corrected chi connectivity index (χ2v) is 9.78. The van der Waals surface area contributed by atoms with Crippen molar-refractivity contribution in [3.8, 4) is 5.75 Å². The van der Waals surface area contributed by atoms with E-state index in [1.807, 2.05) is 18.2 Å². The lowest BCUT2D eigenvalue weighted by Gasteiger charge is -2.20. The SMILES string of the molecule is CCCCCCOc1ccccc1C(=C(c1ccccc1)c1ccccc1)c1ccccc1.O=Cc1ccccc1. The van der Waals surface area contributed by atoms with Crippen LogP contribution in [0.15, 0.2) is 146 Å². The fourth-order valence-corrected chi connectivity index (χ4v) is 4.75. The highest BCUT2D eigenvalue weighted by Gasteiger charge is 2.19. The summed E-state index contributed by atoms with van der Waals surface area (Å²) in [6.07, 6.45) is 5.61. The molecule has 0 heterocycles. The molecule has 0 radical (unpaired) electrons. The molecule has 41 heavy (non-hydrogen) atoms. The monoisotopic (exact) mass is 538 g/mol. The van der Waals surface area contributed by atoms with E-state index >= 15 is 0 Å². The van der Waals surface area contributed by atoms with E-state index in [9.17, 15) is 4.79 Å². The number of unbranched alkanes of at least 4 members (excludes halogenated alkanes) is 3. The van der Waals surface area contributed by atoms with Gasteiger partial charge in [0, 0.05) is 16.7 Å². The number of benzene rings is 5. The average Bonchev–Trinajstić information content (AvgIpc) is 3.06. The Labute approximate surface area is 245 Å². The Bertz CT molecular complexity index is 1430. The first-order valence-electron chi connectivity index (χ1n) is 14.4. The zero-order valence-electron chi connectivity index (χ0n) is 23.8. The van der Waals surface area contributed by atoms with Crippen molar-refractivity contribution in [1.29, 1.82) is 0 Å². The van der Waals surface area contributed by atoms with Crippen LogP contribution < -0.4 is 4.74 Å². The maximum absolute atomic E-state index is 10.0. The van der Waals surface area contributed by atoms with E-state index in [4.69, 9.17) is 4.74 Å². The molecule has 5 aromatic rings. The van der Waals surface area contributed by atoms with Crippen molar-refractivity contribution < 1.29 is 9.53 Å². The highest BCUT2D eigenvalue weighted by Crippen LogP contribution is 2.40. The molecule has 0 aromatic heterocycles. The van der Waals surface area contributed by atoms with E-state index in [0.29, 0.717) is 0 Å². The Balaban J connectivity index is 0.000000417. The number of para-hydroxylation sites is 1. The molecule has 0 bridgehead atoms. The van der Waals surface area contributed by atoms with Gasteiger partial charge in [0.25, 0.3) is 0 Å². The number of aldehydes is 1. The first-order chi connectivity index (χ1) is 20.3. The molecule has 5 aromatic carbocycles. The summed E-state index contributed by atoms with van der Waals surface area (Å²) in [4.78, 5) is 10.0. The lowest BCUT2D eigenvalue weighted by atomic mass is 9.85. The van der Waals surface area contributed by atoms with Gasteiger partial charge in [-0.1, -0.05) is 166 Å². The summed E-state index contributed by atoms with van der Waals surface area (Å²) in [7, 11) is 0. The van der Waals surface area contributed by atoms with E-state index in [1.54, 1.807) is 12.1 Å². The Morgan fingerprint density at radius 3 is 1.49 bits per heavy atom. The molecule has 0 N–H and O–H groups in total. The molecule has 0 unspecified atom stereocenters. The summed E-state index contributed by atoms with van der Waals surface area (Å²) in [5.74, 6) is 0.942. The zero-order chi connectivity index (χ0) is 28.5. The van der Waals surface area contributed by atoms with Gasteiger partial charge in [-0.25, -0.2) is 0 Å². The van der Waals surface area contributed by atoms with E-state index in [0.717, 1.165) is 36.2 Å². The fourth-order valence-electron chi connectivity index (χ4n) is 4.75. The molecule has 0 spiro atoms.